The van der Waals surface area contributed by atoms with Gasteiger partial charge in [-0.2, -0.15) is 13.2 Å². The van der Waals surface area contributed by atoms with Crippen LogP contribution in [0.15, 0.2) is 36.5 Å². The number of pyridine rings is 1. The van der Waals surface area contributed by atoms with Crippen molar-refractivity contribution in [2.75, 3.05) is 44.8 Å². The van der Waals surface area contributed by atoms with Crippen molar-refractivity contribution in [1.29, 1.82) is 0 Å². The highest BCUT2D eigenvalue weighted by Crippen LogP contribution is 2.30. The van der Waals surface area contributed by atoms with Crippen molar-refractivity contribution in [2.24, 2.45) is 0 Å². The molecule has 9 heteroatoms. The van der Waals surface area contributed by atoms with Crippen molar-refractivity contribution in [3.63, 3.8) is 0 Å². The van der Waals surface area contributed by atoms with Gasteiger partial charge in [-0.05, 0) is 31.2 Å². The smallest absolute Gasteiger partial charge is 0.419 e. The molecule has 1 saturated heterocycles. The highest BCUT2D eigenvalue weighted by Gasteiger charge is 2.33. The molecule has 0 atom stereocenters. The zero-order valence-electron chi connectivity index (χ0n) is 16.3. The van der Waals surface area contributed by atoms with Gasteiger partial charge in [-0.3, -0.25) is 9.69 Å². The number of aromatic amines is 1. The molecule has 156 valence electrons. The second-order valence-electron chi connectivity index (χ2n) is 6.54. The molecule has 1 aromatic heterocycles. The Balaban J connectivity index is 1.64. The molecule has 1 aliphatic rings. The number of hydrogen-bond acceptors (Lipinski definition) is 4. The Morgan fingerprint density at radius 3 is 2.38 bits per heavy atom. The number of carbonyl (C=O) groups is 1. The van der Waals surface area contributed by atoms with Gasteiger partial charge in [0.2, 0.25) is 0 Å². The van der Waals surface area contributed by atoms with E-state index in [4.69, 9.17) is 9.47 Å². The van der Waals surface area contributed by atoms with Crippen LogP contribution < -0.4 is 19.4 Å². The van der Waals surface area contributed by atoms with Crippen molar-refractivity contribution >= 4 is 11.7 Å². The second kappa shape index (κ2) is 8.59. The number of ether oxygens (including phenoxy) is 2. The van der Waals surface area contributed by atoms with Gasteiger partial charge in [0.05, 0.1) is 32.4 Å². The van der Waals surface area contributed by atoms with Crippen LogP contribution in [0.1, 0.15) is 22.8 Å². The van der Waals surface area contributed by atoms with Gasteiger partial charge < -0.3 is 14.4 Å². The van der Waals surface area contributed by atoms with E-state index >= 15 is 0 Å². The number of benzene rings is 1. The van der Waals surface area contributed by atoms with Crippen LogP contribution in [0, 0.1) is 0 Å². The molecule has 2 aromatic rings. The predicted octanol–water partition coefficient (Wildman–Crippen LogP) is 2.89. The molecule has 2 heterocycles. The first-order chi connectivity index (χ1) is 13.8. The zero-order valence-corrected chi connectivity index (χ0v) is 16.3. The van der Waals surface area contributed by atoms with Crippen LogP contribution in [0.4, 0.5) is 19.0 Å². The number of nitrogens with one attached hydrogen (secondary N) is 1. The van der Waals surface area contributed by atoms with Crippen LogP contribution in [0.3, 0.4) is 0 Å². The number of hydrogen-bond donors (Lipinski definition) is 0. The summed E-state index contributed by atoms with van der Waals surface area (Å²) in [6.07, 6.45) is -3.42. The number of rotatable bonds is 5. The quantitative estimate of drug-likeness (QED) is 0.761. The highest BCUT2D eigenvalue weighted by atomic mass is 19.4. The number of amides is 1. The lowest BCUT2D eigenvalue weighted by Gasteiger charge is -2.31. The van der Waals surface area contributed by atoms with Crippen LogP contribution in [0.25, 0.3) is 0 Å². The molecule has 0 aliphatic carbocycles. The average Bonchev–Trinajstić information content (AvgIpc) is 2.73. The number of halogens is 3. The van der Waals surface area contributed by atoms with E-state index in [1.165, 1.54) is 13.2 Å². The average molecular weight is 410 g/mol. The van der Waals surface area contributed by atoms with Gasteiger partial charge >= 0.3 is 6.18 Å². The molecule has 6 nitrogen and oxygen atoms in total. The van der Waals surface area contributed by atoms with E-state index in [9.17, 15) is 18.0 Å². The summed E-state index contributed by atoms with van der Waals surface area (Å²) >= 11 is 0. The summed E-state index contributed by atoms with van der Waals surface area (Å²) in [5, 5.41) is 0. The van der Waals surface area contributed by atoms with Gasteiger partial charge in [0, 0.05) is 11.6 Å². The number of anilines is 1. The van der Waals surface area contributed by atoms with Gasteiger partial charge in [0.25, 0.3) is 11.7 Å². The third kappa shape index (κ3) is 4.72. The summed E-state index contributed by atoms with van der Waals surface area (Å²) in [5.74, 6) is 1.54. The van der Waals surface area contributed by atoms with E-state index in [0.717, 1.165) is 12.3 Å². The third-order valence-electron chi connectivity index (χ3n) is 4.74. The fraction of sp³-hybridized carbons (Fsp3) is 0.400. The lowest BCUT2D eigenvalue weighted by atomic mass is 10.1. The van der Waals surface area contributed by atoms with Crippen LogP contribution in [0.2, 0.25) is 0 Å². The molecular formula is C20H23F3N3O3+. The molecule has 0 radical (unpaired) electrons. The van der Waals surface area contributed by atoms with Crippen molar-refractivity contribution in [3.8, 4) is 11.5 Å². The molecule has 0 saturated carbocycles. The van der Waals surface area contributed by atoms with E-state index in [2.05, 4.69) is 4.98 Å². The number of carbonyl (C=O) groups excluding carboxylic acids is 1. The Morgan fingerprint density at radius 2 is 1.83 bits per heavy atom. The Morgan fingerprint density at radius 1 is 1.10 bits per heavy atom. The molecule has 0 unspecified atom stereocenters. The van der Waals surface area contributed by atoms with Gasteiger partial charge in [0.15, 0.2) is 11.5 Å². The number of aromatic nitrogens is 1. The van der Waals surface area contributed by atoms with E-state index in [-0.39, 0.29) is 5.91 Å². The standard InChI is InChI=1S/C20H22F3N3O3/c1-3-29-16-6-4-14(12-17(16)28-2)19(27)26-10-8-25(9-11-26)18-7-5-15(13-24-18)20(21,22)23/h4-7,12-13H,3,8-11H2,1-2H3/p+1. The maximum atomic E-state index is 12.8. The summed E-state index contributed by atoms with van der Waals surface area (Å²) in [6, 6.07) is 7.53. The molecule has 1 fully saturated rings. The summed E-state index contributed by atoms with van der Waals surface area (Å²) < 4.78 is 48.8. The monoisotopic (exact) mass is 410 g/mol. The highest BCUT2D eigenvalue weighted by molar-refractivity contribution is 5.95. The maximum Gasteiger partial charge on any atom is 0.419 e. The van der Waals surface area contributed by atoms with Crippen molar-refractivity contribution in [2.45, 2.75) is 13.1 Å². The summed E-state index contributed by atoms with van der Waals surface area (Å²) in [7, 11) is 1.52. The molecule has 3 rings (SSSR count). The Labute approximate surface area is 166 Å². The predicted molar refractivity (Wildman–Crippen MR) is 100 cm³/mol. The minimum Gasteiger partial charge on any atom is -0.493 e. The van der Waals surface area contributed by atoms with Gasteiger partial charge in [-0.1, -0.05) is 0 Å². The largest absolute Gasteiger partial charge is 0.493 e. The van der Waals surface area contributed by atoms with Crippen LogP contribution in [-0.4, -0.2) is 50.7 Å². The van der Waals surface area contributed by atoms with Crippen LogP contribution in [0.5, 0.6) is 11.5 Å². The number of H-pyrrole nitrogens is 1. The minimum absolute atomic E-state index is 0.123. The lowest BCUT2D eigenvalue weighted by molar-refractivity contribution is -0.367. The fourth-order valence-electron chi connectivity index (χ4n) is 3.20. The van der Waals surface area contributed by atoms with Gasteiger partial charge in [-0.25, -0.2) is 4.98 Å². The second-order valence-corrected chi connectivity index (χ2v) is 6.54. The number of methoxy groups -OCH3 is 1. The number of piperazine rings is 1. The maximum absolute atomic E-state index is 12.8. The minimum atomic E-state index is -4.38. The summed E-state index contributed by atoms with van der Waals surface area (Å²) in [6.45, 7) is 4.31. The molecule has 0 bridgehead atoms. The van der Waals surface area contributed by atoms with E-state index < -0.39 is 11.7 Å². The fourth-order valence-corrected chi connectivity index (χ4v) is 3.20. The molecular weight excluding hydrogens is 387 g/mol. The van der Waals surface area contributed by atoms with Gasteiger partial charge in [-0.15, -0.1) is 0 Å². The Bertz CT molecular complexity index is 848. The molecule has 1 N–H and O–H groups in total. The van der Waals surface area contributed by atoms with Crippen molar-refractivity contribution < 1.29 is 32.4 Å². The lowest BCUT2D eigenvalue weighted by Crippen LogP contribution is -2.50. The normalized spacial score (nSPS) is 14.7. The molecule has 1 aliphatic heterocycles. The van der Waals surface area contributed by atoms with Crippen LogP contribution >= 0.6 is 0 Å². The Hall–Kier alpha value is -2.97. The first-order valence-electron chi connectivity index (χ1n) is 9.27. The van der Waals surface area contributed by atoms with Crippen LogP contribution in [-0.2, 0) is 6.18 Å². The number of nitrogens with zero attached hydrogens (tertiary/aromatic N) is 2. The third-order valence-corrected chi connectivity index (χ3v) is 4.74. The van der Waals surface area contributed by atoms with Crippen molar-refractivity contribution in [1.82, 2.24) is 4.90 Å². The first-order valence-corrected chi connectivity index (χ1v) is 9.27. The summed E-state index contributed by atoms with van der Waals surface area (Å²) in [5.41, 5.74) is -0.223. The molecule has 1 aromatic carbocycles. The molecule has 1 amide bonds. The Kier molecular flexibility index (Phi) is 6.14. The van der Waals surface area contributed by atoms with E-state index in [1.54, 1.807) is 23.1 Å². The zero-order chi connectivity index (χ0) is 21.0. The van der Waals surface area contributed by atoms with Crippen molar-refractivity contribution in [3.05, 3.63) is 47.7 Å². The van der Waals surface area contributed by atoms with E-state index in [0.29, 0.717) is 55.7 Å². The SMILES string of the molecule is CCOc1ccc(C(=O)N2CCN(c3ccc(C(F)(F)F)c[nH+]3)CC2)cc1OC. The molecule has 29 heavy (non-hydrogen) atoms. The topological polar surface area (TPSA) is 56.2 Å². The molecule has 0 spiro atoms. The number of alkyl halides is 3. The van der Waals surface area contributed by atoms with E-state index in [1.807, 2.05) is 11.8 Å². The first kappa shape index (κ1) is 20.8. The van der Waals surface area contributed by atoms with Gasteiger partial charge in [0.1, 0.15) is 19.3 Å². The summed E-state index contributed by atoms with van der Waals surface area (Å²) in [4.78, 5) is 19.1.